The number of nitrogens with one attached hydrogen (secondary N) is 12. The van der Waals surface area contributed by atoms with Crippen molar-refractivity contribution in [1.29, 1.82) is 0 Å². The van der Waals surface area contributed by atoms with Crippen LogP contribution in [0.3, 0.4) is 0 Å². The van der Waals surface area contributed by atoms with Gasteiger partial charge in [0.2, 0.25) is 0 Å². The van der Waals surface area contributed by atoms with Crippen LogP contribution in [0.2, 0.25) is 0 Å². The molecule has 0 aromatic carbocycles. The van der Waals surface area contributed by atoms with Gasteiger partial charge in [-0.3, -0.25) is 21.7 Å². The molecular weight excluding hydrogens is 1780 g/mol. The van der Waals surface area contributed by atoms with Crippen molar-refractivity contribution in [2.75, 3.05) is 226 Å². The molecule has 20 N–H and O–H groups in total. The summed E-state index contributed by atoms with van der Waals surface area (Å²) in [5.74, 6) is 3.38. The third-order valence-corrected chi connectivity index (χ3v) is 26.7. The maximum absolute atomic E-state index is 14.3. The fraction of sp³-hybridized carbons (Fsp3) is 1.00. The lowest BCUT2D eigenvalue weighted by Crippen LogP contribution is -2.46. The van der Waals surface area contributed by atoms with Crippen LogP contribution in [0.25, 0.3) is 0 Å². The average Bonchev–Trinajstić information content (AvgIpc) is 0.878. The Bertz CT molecular complexity index is 1940. The molecule has 0 heterocycles. The standard InChI is InChI=1S/C11H24F2N2S2.C11H26N2S2.C10H22F2N2S2.C10H24N2S2.C9H20F2N2S2.C9H22N2S2.C7H16F2N2S2.C7H18N2S2/c1-3-14-7-10(12,8-16)5-6-11(13,9-17)15-4-2;1-3-12-7-10(8-14)5-6-11(9-15)13-4-2;1-3-14-10(12,8-16)5-4-9(11,7-15)6-13-2;1-3-12-10(8-14)5-4-9(7-13)6-11-2;1-12-5-8(10,6-14)3-4-9(11,7-15)13-2;1-10-5-8(6-12)3-4-9(7-13)11-2;8-6(3-10,4-12)1-2-7(9,11)5-13;8-3-6(4-10)1-2-7(9)5-11/h14-17H,3-9H2,1-2H3;10-15H,3-9H2,1-2H3;13-16H,3-8H2,1-2H3;9-14H,3-8H2,1-2H3;12-15H,3-7H2,1-2H3;8-13H,3-7H2,1-2H3;12-13H,1-5,10-11H2;6-7,10-11H,1-5,8-9H2/t2*10-,11+;2*9-,10+;2*8-,9+;2*6-,7+/m10101010/s1. The van der Waals surface area contributed by atoms with Crippen molar-refractivity contribution >= 4 is 202 Å². The minimum atomic E-state index is -1.92. The van der Waals surface area contributed by atoms with Gasteiger partial charge in [0.05, 0.1) is 0 Å². The first-order valence-electron chi connectivity index (χ1n) is 40.3. The van der Waals surface area contributed by atoms with Gasteiger partial charge in [-0.15, -0.1) is 0 Å². The Kier molecular flexibility index (Phi) is 103. The van der Waals surface area contributed by atoms with E-state index < -0.39 is 45.8 Å². The monoisotopic (exact) mass is 1950 g/mol. The van der Waals surface area contributed by atoms with Gasteiger partial charge in [-0.2, -0.15) is 202 Å². The lowest BCUT2D eigenvalue weighted by atomic mass is 9.97. The summed E-state index contributed by atoms with van der Waals surface area (Å²) in [7, 11) is 10.8. The Morgan fingerprint density at radius 2 is 0.658 bits per heavy atom. The Morgan fingerprint density at radius 1 is 0.316 bits per heavy atom. The molecule has 0 saturated carbocycles. The maximum atomic E-state index is 14.3. The Balaban J connectivity index is -0.000000188. The van der Waals surface area contributed by atoms with Gasteiger partial charge in [-0.25, -0.2) is 35.1 Å². The van der Waals surface area contributed by atoms with E-state index in [4.69, 9.17) is 22.9 Å². The summed E-state index contributed by atoms with van der Waals surface area (Å²) >= 11 is 65.6. The van der Waals surface area contributed by atoms with Gasteiger partial charge >= 0.3 is 0 Å². The molecule has 0 aliphatic heterocycles. The van der Waals surface area contributed by atoms with E-state index in [1.807, 2.05) is 41.9 Å². The second kappa shape index (κ2) is 88.1. The molecule has 700 valence electrons. The molecule has 0 aliphatic rings. The Morgan fingerprint density at radius 3 is 0.921 bits per heavy atom. The molecule has 40 heteroatoms. The highest BCUT2D eigenvalue weighted by atomic mass is 32.1. The molecule has 0 amide bonds. The molecule has 0 unspecified atom stereocenters. The highest BCUT2D eigenvalue weighted by Crippen LogP contribution is 2.30. The van der Waals surface area contributed by atoms with Crippen molar-refractivity contribution < 1.29 is 35.1 Å². The second-order valence-electron chi connectivity index (χ2n) is 28.8. The summed E-state index contributed by atoms with van der Waals surface area (Å²) in [5.41, 5.74) is 15.5. The Labute approximate surface area is 780 Å². The van der Waals surface area contributed by atoms with E-state index in [2.05, 4.69) is 287 Å². The van der Waals surface area contributed by atoms with Crippen molar-refractivity contribution in [3.05, 3.63) is 0 Å². The molecule has 0 aliphatic carbocycles. The predicted molar refractivity (Wildman–Crippen MR) is 547 cm³/mol. The summed E-state index contributed by atoms with van der Waals surface area (Å²) in [6.45, 7) is 21.1. The van der Waals surface area contributed by atoms with Crippen LogP contribution in [-0.4, -0.2) is 296 Å². The number of alkyl halides is 8. The summed E-state index contributed by atoms with van der Waals surface area (Å²) in [5, 5.41) is 36.3. The van der Waals surface area contributed by atoms with Crippen LogP contribution < -0.4 is 86.7 Å². The number of nitrogens with two attached hydrogens (primary N) is 4. The zero-order valence-corrected chi connectivity index (χ0v) is 85.9. The zero-order chi connectivity index (χ0) is 89.6. The molecule has 0 aromatic rings. The lowest BCUT2D eigenvalue weighted by Gasteiger charge is -2.29. The number of hydrogen-bond acceptors (Lipinski definition) is 32. The predicted octanol–water partition coefficient (Wildman–Crippen LogP) is 11.3. The SMILES string of the molecule is CCNC[C@@H](CS)CC[C@H](CS)NCC.CCNC[C@@](F)(CS)CC[C@@](F)(CS)NCC.CCN[C@@H](CS)CC[C@H](CS)CNC.CCN[C@](F)(CS)CC[C@](F)(CS)CNC.CNC[C@@H](CS)CC[C@H](CS)NC.CNC[C@@](F)(CS)CC[C@@](F)(CS)NC.NC[C@@H](CS)CC[C@@H](N)CS.NC[C@@](F)(CS)CC[C@@](N)(F)CS. The van der Waals surface area contributed by atoms with Crippen molar-refractivity contribution in [1.82, 2.24) is 63.8 Å². The minimum absolute atomic E-state index is 0.0217. The third kappa shape index (κ3) is 79.8. The molecule has 16 nitrogen and oxygen atoms in total. The van der Waals surface area contributed by atoms with Crippen molar-refractivity contribution in [3.63, 3.8) is 0 Å². The molecule has 16 atom stereocenters. The normalized spacial score (nSPS) is 17.7. The molecule has 0 saturated heterocycles. The van der Waals surface area contributed by atoms with Crippen LogP contribution in [0.15, 0.2) is 0 Å². The lowest BCUT2D eigenvalue weighted by molar-refractivity contribution is 0.0904. The molecule has 0 radical (unpaired) electrons. The van der Waals surface area contributed by atoms with Crippen LogP contribution in [0, 0.1) is 23.7 Å². The maximum Gasteiger partial charge on any atom is 0.170 e. The first-order valence-corrected chi connectivity index (χ1v) is 50.5. The van der Waals surface area contributed by atoms with Gasteiger partial charge in [0.25, 0.3) is 0 Å². The first-order chi connectivity index (χ1) is 53.8. The fourth-order valence-electron chi connectivity index (χ4n) is 10.3. The van der Waals surface area contributed by atoms with E-state index in [0.717, 1.165) is 98.1 Å². The number of thiol groups is 16. The van der Waals surface area contributed by atoms with E-state index in [1.165, 1.54) is 45.6 Å². The summed E-state index contributed by atoms with van der Waals surface area (Å²) in [6.07, 6.45) is 9.89. The molecular formula is C74H172F8N16S16. The summed E-state index contributed by atoms with van der Waals surface area (Å²) < 4.78 is 111. The molecule has 0 bridgehead atoms. The molecule has 114 heavy (non-hydrogen) atoms. The number of halogens is 8. The van der Waals surface area contributed by atoms with E-state index in [-0.39, 0.29) is 130 Å². The molecule has 0 spiro atoms. The summed E-state index contributed by atoms with van der Waals surface area (Å²) in [6, 6.07) is 1.87. The number of hydrogen-bond donors (Lipinski definition) is 32. The van der Waals surface area contributed by atoms with Gasteiger partial charge in [-0.1, -0.05) is 41.5 Å². The fourth-order valence-corrected chi connectivity index (χ4v) is 14.8. The second-order valence-corrected chi connectivity index (χ2v) is 34.3. The van der Waals surface area contributed by atoms with Gasteiger partial charge in [-0.05, 0) is 257 Å². The summed E-state index contributed by atoms with van der Waals surface area (Å²) in [4.78, 5) is 0. The highest BCUT2D eigenvalue weighted by Gasteiger charge is 2.37. The van der Waals surface area contributed by atoms with Gasteiger partial charge in [0.15, 0.2) is 23.2 Å². The van der Waals surface area contributed by atoms with Gasteiger partial charge < -0.3 is 65.1 Å². The van der Waals surface area contributed by atoms with Crippen LogP contribution in [-0.2, 0) is 0 Å². The Hall–Kier alpha value is 4.40. The molecule has 0 aromatic heterocycles. The quantitative estimate of drug-likeness (QED) is 0.0154. The third-order valence-electron chi connectivity index (χ3n) is 18.6. The molecule has 0 rings (SSSR count). The van der Waals surface area contributed by atoms with Gasteiger partial charge in [0, 0.05) is 119 Å². The van der Waals surface area contributed by atoms with Crippen LogP contribution in [0.1, 0.15) is 144 Å². The topological polar surface area (TPSA) is 248 Å². The van der Waals surface area contributed by atoms with Crippen LogP contribution in [0.4, 0.5) is 35.1 Å². The van der Waals surface area contributed by atoms with Crippen molar-refractivity contribution in [2.45, 2.75) is 214 Å². The van der Waals surface area contributed by atoms with E-state index in [0.29, 0.717) is 68.0 Å². The average molecular weight is 1950 g/mol. The smallest absolute Gasteiger partial charge is 0.170 e. The van der Waals surface area contributed by atoms with E-state index in [9.17, 15) is 35.1 Å². The minimum Gasteiger partial charge on any atom is -0.330 e. The first kappa shape index (κ1) is 134. The highest BCUT2D eigenvalue weighted by molar-refractivity contribution is 7.82. The van der Waals surface area contributed by atoms with Crippen molar-refractivity contribution in [2.24, 2.45) is 46.6 Å². The molecule has 0 fully saturated rings. The zero-order valence-electron chi connectivity index (χ0n) is 71.6. The van der Waals surface area contributed by atoms with Gasteiger partial charge in [0.1, 0.15) is 22.7 Å². The van der Waals surface area contributed by atoms with Crippen LogP contribution >= 0.6 is 202 Å². The van der Waals surface area contributed by atoms with E-state index in [1.54, 1.807) is 14.1 Å². The van der Waals surface area contributed by atoms with E-state index >= 15 is 0 Å². The largest absolute Gasteiger partial charge is 0.330 e. The van der Waals surface area contributed by atoms with Crippen molar-refractivity contribution in [3.8, 4) is 0 Å². The number of rotatable bonds is 66. The van der Waals surface area contributed by atoms with Crippen LogP contribution in [0.5, 0.6) is 0 Å².